The monoisotopic (exact) mass is 572 g/mol. The van der Waals surface area contributed by atoms with Crippen molar-refractivity contribution in [2.75, 3.05) is 12.3 Å². The summed E-state index contributed by atoms with van der Waals surface area (Å²) in [5.41, 5.74) is 9.60. The third-order valence-corrected chi connectivity index (χ3v) is 9.14. The molecular weight excluding hydrogens is 532 g/mol. The number of benzene rings is 1. The van der Waals surface area contributed by atoms with E-state index in [0.29, 0.717) is 29.7 Å². The number of nitrogens with zero attached hydrogens (tertiary/aromatic N) is 6. The first-order chi connectivity index (χ1) is 20.1. The van der Waals surface area contributed by atoms with Crippen LogP contribution in [-0.4, -0.2) is 81.5 Å². The predicted octanol–water partition coefficient (Wildman–Crippen LogP) is 2.94. The van der Waals surface area contributed by atoms with Crippen LogP contribution < -0.4 is 5.73 Å². The molecule has 42 heavy (non-hydrogen) atoms. The number of hydrogen-bond acceptors (Lipinski definition) is 9. The van der Waals surface area contributed by atoms with Crippen LogP contribution in [0, 0.1) is 18.3 Å². The highest BCUT2D eigenvalue weighted by molar-refractivity contribution is 5.81. The van der Waals surface area contributed by atoms with Crippen LogP contribution in [0.2, 0.25) is 0 Å². The number of nitrogens with one attached hydrogen (secondary N) is 1. The summed E-state index contributed by atoms with van der Waals surface area (Å²) in [5.74, 6) is 4.73. The fourth-order valence-corrected chi connectivity index (χ4v) is 6.36. The number of H-pyrrole nitrogens is 1. The molecule has 3 aromatic heterocycles. The molecule has 1 saturated heterocycles. The average molecular weight is 573 g/mol. The standard InChI is InChI=1S/C31H40N8O3/c1-6-31(4,5)19-8-9-21-22(13-19)37-24(36-21)10-7-18-11-20(12-18)38(17(2)3)14-23-26(40)27(41)30(42-23)39-16-35-25-28(32)33-15-34-29(25)39/h1,8-9,13,15-18,20,23,26-27,30,40-41H,7,10-12,14H2,2-5H3,(H,36,37)(H2,32,33,34)/t18?,20?,23-,26-,27-,30-/m1/s1. The summed E-state index contributed by atoms with van der Waals surface area (Å²) in [6, 6.07) is 6.89. The van der Waals surface area contributed by atoms with E-state index in [2.05, 4.69) is 56.7 Å². The summed E-state index contributed by atoms with van der Waals surface area (Å²) >= 11 is 0. The first kappa shape index (κ1) is 28.6. The highest BCUT2D eigenvalue weighted by atomic mass is 16.6. The second-order valence-electron chi connectivity index (χ2n) is 12.6. The van der Waals surface area contributed by atoms with Gasteiger partial charge in [0.2, 0.25) is 0 Å². The number of aliphatic hydroxyl groups is 2. The SMILES string of the molecule is C#CC(C)(C)c1ccc2nc(CCC3CC(N(C[C@H]4O[C@@H](n5cnc6c(N)ncnc65)[C@H](O)[C@@H]4O)C(C)C)C3)[nH]c2c1. The minimum Gasteiger partial charge on any atom is -0.387 e. The Hall–Kier alpha value is -3.56. The van der Waals surface area contributed by atoms with E-state index >= 15 is 0 Å². The highest BCUT2D eigenvalue weighted by Crippen LogP contribution is 2.38. The maximum absolute atomic E-state index is 10.9. The lowest BCUT2D eigenvalue weighted by Gasteiger charge is -2.46. The normalized spacial score (nSPS) is 26.4. The van der Waals surface area contributed by atoms with Crippen molar-refractivity contribution in [1.29, 1.82) is 0 Å². The van der Waals surface area contributed by atoms with Crippen molar-refractivity contribution >= 4 is 28.0 Å². The first-order valence-corrected chi connectivity index (χ1v) is 14.7. The number of ether oxygens (including phenoxy) is 1. The third-order valence-electron chi connectivity index (χ3n) is 9.14. The summed E-state index contributed by atoms with van der Waals surface area (Å²) in [5, 5.41) is 21.8. The lowest BCUT2D eigenvalue weighted by atomic mass is 9.76. The van der Waals surface area contributed by atoms with Gasteiger partial charge in [0.25, 0.3) is 0 Å². The van der Waals surface area contributed by atoms with E-state index in [9.17, 15) is 10.2 Å². The maximum Gasteiger partial charge on any atom is 0.167 e. The fourth-order valence-electron chi connectivity index (χ4n) is 6.36. The van der Waals surface area contributed by atoms with Crippen LogP contribution in [0.5, 0.6) is 0 Å². The lowest BCUT2D eigenvalue weighted by molar-refractivity contribution is -0.0620. The first-order valence-electron chi connectivity index (χ1n) is 14.7. The second-order valence-corrected chi connectivity index (χ2v) is 12.6. The molecule has 4 heterocycles. The molecule has 4 aromatic rings. The molecule has 11 heteroatoms. The number of aromatic amines is 1. The van der Waals surface area contributed by atoms with Crippen LogP contribution >= 0.6 is 0 Å². The Kier molecular flexibility index (Phi) is 7.43. The van der Waals surface area contributed by atoms with Crippen molar-refractivity contribution < 1.29 is 14.9 Å². The largest absolute Gasteiger partial charge is 0.387 e. The zero-order chi connectivity index (χ0) is 29.8. The second kappa shape index (κ2) is 10.9. The number of anilines is 1. The number of terminal acetylenes is 1. The average Bonchev–Trinajstić information content (AvgIpc) is 3.63. The van der Waals surface area contributed by atoms with Gasteiger partial charge in [-0.15, -0.1) is 6.42 Å². The van der Waals surface area contributed by atoms with Crippen molar-refractivity contribution in [3.63, 3.8) is 0 Å². The van der Waals surface area contributed by atoms with Gasteiger partial charge in [0.15, 0.2) is 17.7 Å². The molecule has 1 aromatic carbocycles. The van der Waals surface area contributed by atoms with Gasteiger partial charge in [-0.05, 0) is 70.6 Å². The highest BCUT2D eigenvalue weighted by Gasteiger charge is 2.46. The number of imidazole rings is 2. The molecule has 2 fully saturated rings. The lowest BCUT2D eigenvalue weighted by Crippen LogP contribution is -2.52. The Morgan fingerprint density at radius 3 is 2.74 bits per heavy atom. The van der Waals surface area contributed by atoms with E-state index in [1.165, 1.54) is 12.7 Å². The Labute approximate surface area is 245 Å². The van der Waals surface area contributed by atoms with Crippen LogP contribution in [0.15, 0.2) is 30.9 Å². The number of nitrogens with two attached hydrogens (primary N) is 1. The van der Waals surface area contributed by atoms with Crippen LogP contribution in [0.4, 0.5) is 5.82 Å². The zero-order valence-corrected chi connectivity index (χ0v) is 24.6. The molecule has 0 unspecified atom stereocenters. The molecular formula is C31H40N8O3. The molecule has 11 nitrogen and oxygen atoms in total. The van der Waals surface area contributed by atoms with Crippen molar-refractivity contribution in [2.24, 2.45) is 5.92 Å². The number of rotatable bonds is 9. The Morgan fingerprint density at radius 2 is 2.00 bits per heavy atom. The van der Waals surface area contributed by atoms with Gasteiger partial charge in [-0.1, -0.05) is 12.0 Å². The quantitative estimate of drug-likeness (QED) is 0.222. The Bertz CT molecular complexity index is 1620. The van der Waals surface area contributed by atoms with Gasteiger partial charge in [-0.3, -0.25) is 9.47 Å². The number of nitrogen functional groups attached to an aromatic ring is 1. The molecule has 4 atom stereocenters. The predicted molar refractivity (Wildman–Crippen MR) is 160 cm³/mol. The van der Waals surface area contributed by atoms with E-state index in [-0.39, 0.29) is 17.3 Å². The summed E-state index contributed by atoms with van der Waals surface area (Å²) < 4.78 is 7.85. The van der Waals surface area contributed by atoms with E-state index < -0.39 is 24.5 Å². The van der Waals surface area contributed by atoms with Gasteiger partial charge in [0, 0.05) is 25.0 Å². The molecule has 0 amide bonds. The number of aliphatic hydroxyl groups excluding tert-OH is 2. The van der Waals surface area contributed by atoms with Crippen molar-refractivity contribution in [3.8, 4) is 12.3 Å². The van der Waals surface area contributed by atoms with Gasteiger partial charge in [0.05, 0.1) is 22.8 Å². The molecule has 0 radical (unpaired) electrons. The molecule has 0 bridgehead atoms. The molecule has 0 spiro atoms. The van der Waals surface area contributed by atoms with Gasteiger partial charge >= 0.3 is 0 Å². The van der Waals surface area contributed by atoms with E-state index in [0.717, 1.165) is 48.1 Å². The molecule has 1 aliphatic heterocycles. The van der Waals surface area contributed by atoms with E-state index in [1.54, 1.807) is 4.57 Å². The van der Waals surface area contributed by atoms with Crippen molar-refractivity contribution in [3.05, 3.63) is 42.2 Å². The Morgan fingerprint density at radius 1 is 1.21 bits per heavy atom. The van der Waals surface area contributed by atoms with Crippen LogP contribution in [0.25, 0.3) is 22.2 Å². The number of hydrogen-bond donors (Lipinski definition) is 4. The minimum atomic E-state index is -1.12. The van der Waals surface area contributed by atoms with Crippen LogP contribution in [0.1, 0.15) is 64.6 Å². The van der Waals surface area contributed by atoms with E-state index in [1.807, 2.05) is 19.9 Å². The molecule has 5 N–H and O–H groups in total. The van der Waals surface area contributed by atoms with Crippen LogP contribution in [0.3, 0.4) is 0 Å². The number of aromatic nitrogens is 6. The molecule has 1 aliphatic carbocycles. The third kappa shape index (κ3) is 5.13. The summed E-state index contributed by atoms with van der Waals surface area (Å²) in [7, 11) is 0. The van der Waals surface area contributed by atoms with Gasteiger partial charge in [0.1, 0.15) is 36.0 Å². The topological polar surface area (TPSA) is 151 Å². The molecule has 222 valence electrons. The van der Waals surface area contributed by atoms with Gasteiger partial charge in [-0.2, -0.15) is 0 Å². The number of fused-ring (bicyclic) bond motifs is 2. The van der Waals surface area contributed by atoms with Crippen LogP contribution in [-0.2, 0) is 16.6 Å². The van der Waals surface area contributed by atoms with Crippen molar-refractivity contribution in [2.45, 2.75) is 95.4 Å². The van der Waals surface area contributed by atoms with Gasteiger partial charge < -0.3 is 25.7 Å². The fraction of sp³-hybridized carbons (Fsp3) is 0.548. The molecule has 1 saturated carbocycles. The van der Waals surface area contributed by atoms with E-state index in [4.69, 9.17) is 21.9 Å². The summed E-state index contributed by atoms with van der Waals surface area (Å²) in [4.78, 5) is 23.2. The molecule has 6 rings (SSSR count). The summed E-state index contributed by atoms with van der Waals surface area (Å²) in [6.45, 7) is 8.94. The Balaban J connectivity index is 1.06. The van der Waals surface area contributed by atoms with Gasteiger partial charge in [-0.25, -0.2) is 19.9 Å². The summed E-state index contributed by atoms with van der Waals surface area (Å²) in [6.07, 6.45) is 9.19. The zero-order valence-electron chi connectivity index (χ0n) is 24.6. The smallest absolute Gasteiger partial charge is 0.167 e. The van der Waals surface area contributed by atoms with Crippen molar-refractivity contribution in [1.82, 2.24) is 34.4 Å². The number of aryl methyl sites for hydroxylation is 1. The molecule has 2 aliphatic rings. The minimum absolute atomic E-state index is 0.257. The maximum atomic E-state index is 10.9.